The Morgan fingerprint density at radius 1 is 1.38 bits per heavy atom. The molecule has 0 spiro atoms. The SMILES string of the molecule is CCC(C(O)CCS)C1CCCC1. The fourth-order valence-electron chi connectivity index (χ4n) is 2.65. The van der Waals surface area contributed by atoms with Gasteiger partial charge in [0.1, 0.15) is 0 Å². The van der Waals surface area contributed by atoms with Gasteiger partial charge in [-0.25, -0.2) is 0 Å². The second-order valence-electron chi connectivity index (χ2n) is 4.20. The number of aliphatic hydroxyl groups is 1. The Morgan fingerprint density at radius 2 is 2.00 bits per heavy atom. The molecule has 0 amide bonds. The predicted molar refractivity (Wildman–Crippen MR) is 60.2 cm³/mol. The number of thiol groups is 1. The molecule has 2 atom stereocenters. The highest BCUT2D eigenvalue weighted by Crippen LogP contribution is 2.35. The normalized spacial score (nSPS) is 23.3. The molecule has 0 bridgehead atoms. The van der Waals surface area contributed by atoms with Crippen molar-refractivity contribution in [2.75, 3.05) is 5.75 Å². The highest BCUT2D eigenvalue weighted by atomic mass is 32.1. The Labute approximate surface area is 87.3 Å². The van der Waals surface area contributed by atoms with Crippen molar-refractivity contribution in [3.8, 4) is 0 Å². The number of rotatable bonds is 5. The van der Waals surface area contributed by atoms with E-state index in [1.54, 1.807) is 0 Å². The van der Waals surface area contributed by atoms with Crippen LogP contribution in [0.25, 0.3) is 0 Å². The Kier molecular flexibility index (Phi) is 5.18. The van der Waals surface area contributed by atoms with Gasteiger partial charge in [0, 0.05) is 0 Å². The molecule has 0 aliphatic heterocycles. The van der Waals surface area contributed by atoms with Crippen LogP contribution in [0.3, 0.4) is 0 Å². The van der Waals surface area contributed by atoms with E-state index in [1.165, 1.54) is 25.7 Å². The quantitative estimate of drug-likeness (QED) is 0.657. The predicted octanol–water partition coefficient (Wildman–Crippen LogP) is 2.88. The summed E-state index contributed by atoms with van der Waals surface area (Å²) < 4.78 is 0. The molecule has 1 nitrogen and oxygen atoms in total. The van der Waals surface area contributed by atoms with Crippen molar-refractivity contribution in [3.05, 3.63) is 0 Å². The number of hydrogen-bond donors (Lipinski definition) is 2. The Hall–Kier alpha value is 0.310. The van der Waals surface area contributed by atoms with E-state index in [9.17, 15) is 5.11 Å². The summed E-state index contributed by atoms with van der Waals surface area (Å²) in [5.41, 5.74) is 0. The Morgan fingerprint density at radius 3 is 2.46 bits per heavy atom. The van der Waals surface area contributed by atoms with Crippen molar-refractivity contribution < 1.29 is 5.11 Å². The standard InChI is InChI=1S/C11H22OS/c1-2-10(11(12)7-8-13)9-5-3-4-6-9/h9-13H,2-8H2,1H3. The molecule has 1 aliphatic rings. The van der Waals surface area contributed by atoms with E-state index < -0.39 is 0 Å². The summed E-state index contributed by atoms with van der Waals surface area (Å²) in [6, 6.07) is 0. The molecule has 78 valence electrons. The van der Waals surface area contributed by atoms with Crippen molar-refractivity contribution in [2.24, 2.45) is 11.8 Å². The summed E-state index contributed by atoms with van der Waals surface area (Å²) in [6.07, 6.45) is 7.29. The van der Waals surface area contributed by atoms with Gasteiger partial charge in [-0.05, 0) is 24.0 Å². The lowest BCUT2D eigenvalue weighted by molar-refractivity contribution is 0.0686. The van der Waals surface area contributed by atoms with Gasteiger partial charge in [0.05, 0.1) is 6.10 Å². The third kappa shape index (κ3) is 3.17. The maximum Gasteiger partial charge on any atom is 0.0578 e. The molecular formula is C11H22OS. The van der Waals surface area contributed by atoms with Crippen LogP contribution in [0.2, 0.25) is 0 Å². The van der Waals surface area contributed by atoms with Gasteiger partial charge in [-0.15, -0.1) is 0 Å². The van der Waals surface area contributed by atoms with Crippen LogP contribution in [-0.4, -0.2) is 17.0 Å². The van der Waals surface area contributed by atoms with Gasteiger partial charge in [-0.2, -0.15) is 12.6 Å². The molecule has 0 aromatic carbocycles. The highest BCUT2D eigenvalue weighted by molar-refractivity contribution is 7.80. The van der Waals surface area contributed by atoms with Gasteiger partial charge in [0.25, 0.3) is 0 Å². The van der Waals surface area contributed by atoms with Gasteiger partial charge in [-0.1, -0.05) is 39.0 Å². The van der Waals surface area contributed by atoms with E-state index in [0.29, 0.717) is 5.92 Å². The zero-order valence-corrected chi connectivity index (χ0v) is 9.47. The Bertz CT molecular complexity index is 132. The largest absolute Gasteiger partial charge is 0.393 e. The first-order valence-corrected chi connectivity index (χ1v) is 6.21. The fourth-order valence-corrected chi connectivity index (χ4v) is 2.92. The lowest BCUT2D eigenvalue weighted by Gasteiger charge is -2.26. The first-order valence-electron chi connectivity index (χ1n) is 5.58. The second kappa shape index (κ2) is 5.92. The lowest BCUT2D eigenvalue weighted by Crippen LogP contribution is -2.26. The second-order valence-corrected chi connectivity index (χ2v) is 4.64. The minimum Gasteiger partial charge on any atom is -0.393 e. The van der Waals surface area contributed by atoms with Crippen LogP contribution in [-0.2, 0) is 0 Å². The van der Waals surface area contributed by atoms with Crippen molar-refractivity contribution in [1.29, 1.82) is 0 Å². The number of hydrogen-bond acceptors (Lipinski definition) is 2. The summed E-state index contributed by atoms with van der Waals surface area (Å²) in [4.78, 5) is 0. The van der Waals surface area contributed by atoms with Crippen LogP contribution < -0.4 is 0 Å². The molecule has 0 aromatic rings. The maximum atomic E-state index is 9.92. The van der Waals surface area contributed by atoms with Crippen LogP contribution in [0.1, 0.15) is 45.4 Å². The van der Waals surface area contributed by atoms with E-state index in [1.807, 2.05) is 0 Å². The fraction of sp³-hybridized carbons (Fsp3) is 1.00. The van der Waals surface area contributed by atoms with Crippen molar-refractivity contribution in [1.82, 2.24) is 0 Å². The molecule has 1 fully saturated rings. The molecule has 0 heterocycles. The zero-order valence-electron chi connectivity index (χ0n) is 8.58. The van der Waals surface area contributed by atoms with Gasteiger partial charge >= 0.3 is 0 Å². The van der Waals surface area contributed by atoms with E-state index >= 15 is 0 Å². The molecule has 0 saturated heterocycles. The monoisotopic (exact) mass is 202 g/mol. The lowest BCUT2D eigenvalue weighted by atomic mass is 9.83. The molecule has 1 saturated carbocycles. The van der Waals surface area contributed by atoms with Crippen molar-refractivity contribution in [2.45, 2.75) is 51.6 Å². The van der Waals surface area contributed by atoms with E-state index in [0.717, 1.165) is 24.5 Å². The molecule has 1 rings (SSSR count). The van der Waals surface area contributed by atoms with Crippen LogP contribution in [0.15, 0.2) is 0 Å². The topological polar surface area (TPSA) is 20.2 Å². The van der Waals surface area contributed by atoms with E-state index in [-0.39, 0.29) is 6.10 Å². The maximum absolute atomic E-state index is 9.92. The minimum absolute atomic E-state index is 0.106. The van der Waals surface area contributed by atoms with E-state index in [2.05, 4.69) is 19.6 Å². The molecule has 13 heavy (non-hydrogen) atoms. The highest BCUT2D eigenvalue weighted by Gasteiger charge is 2.28. The molecule has 1 aliphatic carbocycles. The number of aliphatic hydroxyl groups excluding tert-OH is 1. The molecule has 1 N–H and O–H groups in total. The van der Waals surface area contributed by atoms with Crippen LogP contribution >= 0.6 is 12.6 Å². The minimum atomic E-state index is -0.106. The van der Waals surface area contributed by atoms with Crippen LogP contribution in [0.4, 0.5) is 0 Å². The molecular weight excluding hydrogens is 180 g/mol. The molecule has 2 heteroatoms. The average Bonchev–Trinajstić information content (AvgIpc) is 2.59. The summed E-state index contributed by atoms with van der Waals surface area (Å²) in [6.45, 7) is 2.20. The third-order valence-corrected chi connectivity index (χ3v) is 3.65. The zero-order chi connectivity index (χ0) is 9.68. The third-order valence-electron chi connectivity index (χ3n) is 3.40. The average molecular weight is 202 g/mol. The summed E-state index contributed by atoms with van der Waals surface area (Å²) in [5.74, 6) is 2.14. The van der Waals surface area contributed by atoms with Gasteiger partial charge < -0.3 is 5.11 Å². The molecule has 0 radical (unpaired) electrons. The van der Waals surface area contributed by atoms with Crippen molar-refractivity contribution in [3.63, 3.8) is 0 Å². The van der Waals surface area contributed by atoms with Crippen LogP contribution in [0.5, 0.6) is 0 Å². The first kappa shape index (κ1) is 11.4. The smallest absolute Gasteiger partial charge is 0.0578 e. The van der Waals surface area contributed by atoms with Gasteiger partial charge in [0.15, 0.2) is 0 Å². The summed E-state index contributed by atoms with van der Waals surface area (Å²) in [7, 11) is 0. The van der Waals surface area contributed by atoms with E-state index in [4.69, 9.17) is 0 Å². The van der Waals surface area contributed by atoms with Gasteiger partial charge in [0.2, 0.25) is 0 Å². The van der Waals surface area contributed by atoms with Crippen LogP contribution in [0, 0.1) is 11.8 Å². The molecule has 2 unspecified atom stereocenters. The van der Waals surface area contributed by atoms with Gasteiger partial charge in [-0.3, -0.25) is 0 Å². The molecule has 0 aromatic heterocycles. The Balaban J connectivity index is 2.39. The summed E-state index contributed by atoms with van der Waals surface area (Å²) >= 11 is 4.18. The van der Waals surface area contributed by atoms with Crippen molar-refractivity contribution >= 4 is 12.6 Å². The first-order chi connectivity index (χ1) is 6.29. The summed E-state index contributed by atoms with van der Waals surface area (Å²) in [5, 5.41) is 9.92.